The molecule has 21 heavy (non-hydrogen) atoms. The zero-order valence-electron chi connectivity index (χ0n) is 11.0. The molecule has 0 aliphatic rings. The normalized spacial score (nSPS) is 14.2. The number of nitrogens with one attached hydrogen (secondary N) is 1. The largest absolute Gasteiger partial charge is 0.390 e. The van der Waals surface area contributed by atoms with Crippen LogP contribution in [0.15, 0.2) is 18.2 Å². The van der Waals surface area contributed by atoms with Gasteiger partial charge in [0.1, 0.15) is 11.6 Å². The molecule has 1 N–H and O–H groups in total. The first-order valence-corrected chi connectivity index (χ1v) is 7.64. The standard InChI is InChI=1S/C12H14F5NO2S/c1-8(10-3-2-9(13)6-11(10)14)7-18-21(19,20)5-4-12(15,16)17/h2-3,6,8,18H,4-5,7H2,1H3/t8-/m1/s1. The van der Waals surface area contributed by atoms with Gasteiger partial charge in [-0.15, -0.1) is 0 Å². The summed E-state index contributed by atoms with van der Waals surface area (Å²) in [5.74, 6) is -3.34. The number of rotatable bonds is 6. The lowest BCUT2D eigenvalue weighted by Crippen LogP contribution is -2.31. The fraction of sp³-hybridized carbons (Fsp3) is 0.500. The molecule has 0 fully saturated rings. The Morgan fingerprint density at radius 2 is 1.86 bits per heavy atom. The molecule has 0 saturated carbocycles. The summed E-state index contributed by atoms with van der Waals surface area (Å²) in [7, 11) is -4.11. The molecule has 120 valence electrons. The van der Waals surface area contributed by atoms with E-state index in [2.05, 4.69) is 0 Å². The van der Waals surface area contributed by atoms with E-state index in [4.69, 9.17) is 0 Å². The minimum atomic E-state index is -4.57. The van der Waals surface area contributed by atoms with Crippen molar-refractivity contribution in [2.45, 2.75) is 25.4 Å². The highest BCUT2D eigenvalue weighted by atomic mass is 32.2. The first-order chi connectivity index (χ1) is 9.50. The Kier molecular flexibility index (Phi) is 5.68. The van der Waals surface area contributed by atoms with Gasteiger partial charge in [-0.3, -0.25) is 0 Å². The molecule has 0 unspecified atom stereocenters. The van der Waals surface area contributed by atoms with Crippen molar-refractivity contribution in [3.63, 3.8) is 0 Å². The summed E-state index contributed by atoms with van der Waals surface area (Å²) in [6.07, 6.45) is -6.02. The highest BCUT2D eigenvalue weighted by Gasteiger charge is 2.30. The van der Waals surface area contributed by atoms with Crippen molar-refractivity contribution in [2.24, 2.45) is 0 Å². The van der Waals surface area contributed by atoms with Gasteiger partial charge in [0.2, 0.25) is 10.0 Å². The number of hydrogen-bond acceptors (Lipinski definition) is 2. The molecule has 0 spiro atoms. The van der Waals surface area contributed by atoms with Gasteiger partial charge in [-0.2, -0.15) is 13.2 Å². The number of halogens is 5. The van der Waals surface area contributed by atoms with Gasteiger partial charge in [-0.05, 0) is 17.5 Å². The second-order valence-electron chi connectivity index (χ2n) is 4.60. The molecule has 0 heterocycles. The van der Waals surface area contributed by atoms with E-state index in [1.165, 1.54) is 13.0 Å². The predicted molar refractivity (Wildman–Crippen MR) is 67.2 cm³/mol. The Hall–Kier alpha value is -1.22. The second kappa shape index (κ2) is 6.69. The monoisotopic (exact) mass is 331 g/mol. The molecule has 1 aromatic rings. The van der Waals surface area contributed by atoms with E-state index in [1.54, 1.807) is 0 Å². The summed E-state index contributed by atoms with van der Waals surface area (Å²) in [4.78, 5) is 0. The fourth-order valence-corrected chi connectivity index (χ4v) is 2.73. The van der Waals surface area contributed by atoms with E-state index in [1.807, 2.05) is 4.72 Å². The molecule has 0 radical (unpaired) electrons. The van der Waals surface area contributed by atoms with Crippen LogP contribution in [-0.4, -0.2) is 26.9 Å². The number of alkyl halides is 3. The van der Waals surface area contributed by atoms with Crippen molar-refractivity contribution in [3.8, 4) is 0 Å². The lowest BCUT2D eigenvalue weighted by atomic mass is 10.0. The topological polar surface area (TPSA) is 46.2 Å². The van der Waals surface area contributed by atoms with Gasteiger partial charge in [0.05, 0.1) is 12.2 Å². The molecule has 0 saturated heterocycles. The van der Waals surface area contributed by atoms with Crippen molar-refractivity contribution >= 4 is 10.0 Å². The smallest absolute Gasteiger partial charge is 0.215 e. The molecule has 0 bridgehead atoms. The summed E-state index contributed by atoms with van der Waals surface area (Å²) in [6, 6.07) is 2.84. The minimum absolute atomic E-state index is 0.0786. The quantitative estimate of drug-likeness (QED) is 0.815. The summed E-state index contributed by atoms with van der Waals surface area (Å²) in [5, 5.41) is 0. The van der Waals surface area contributed by atoms with Gasteiger partial charge in [0.15, 0.2) is 0 Å². The fourth-order valence-electron chi connectivity index (χ4n) is 1.59. The molecule has 1 atom stereocenters. The van der Waals surface area contributed by atoms with Crippen molar-refractivity contribution in [3.05, 3.63) is 35.4 Å². The van der Waals surface area contributed by atoms with Crippen LogP contribution in [0.3, 0.4) is 0 Å². The number of benzene rings is 1. The number of hydrogen-bond donors (Lipinski definition) is 1. The second-order valence-corrected chi connectivity index (χ2v) is 6.53. The lowest BCUT2D eigenvalue weighted by molar-refractivity contribution is -0.129. The molecule has 1 rings (SSSR count). The van der Waals surface area contributed by atoms with Crippen LogP contribution < -0.4 is 4.72 Å². The molecule has 1 aromatic carbocycles. The average Bonchev–Trinajstić information content (AvgIpc) is 2.33. The van der Waals surface area contributed by atoms with Gasteiger partial charge in [0, 0.05) is 12.6 Å². The third kappa shape index (κ3) is 6.38. The van der Waals surface area contributed by atoms with Crippen LogP contribution in [0.1, 0.15) is 24.8 Å². The molecule has 0 aliphatic carbocycles. The minimum Gasteiger partial charge on any atom is -0.215 e. The van der Waals surface area contributed by atoms with Crippen molar-refractivity contribution in [1.82, 2.24) is 4.72 Å². The third-order valence-electron chi connectivity index (χ3n) is 2.76. The van der Waals surface area contributed by atoms with Gasteiger partial charge in [-0.25, -0.2) is 21.9 Å². The van der Waals surface area contributed by atoms with Gasteiger partial charge in [-0.1, -0.05) is 13.0 Å². The van der Waals surface area contributed by atoms with E-state index < -0.39 is 45.9 Å². The maximum absolute atomic E-state index is 13.5. The van der Waals surface area contributed by atoms with Gasteiger partial charge >= 0.3 is 6.18 Å². The predicted octanol–water partition coefficient (Wildman–Crippen LogP) is 2.94. The zero-order chi connectivity index (χ0) is 16.3. The summed E-state index contributed by atoms with van der Waals surface area (Å²) in [5.41, 5.74) is 0.0786. The Balaban J connectivity index is 2.61. The van der Waals surface area contributed by atoms with E-state index in [0.29, 0.717) is 6.07 Å². The van der Waals surface area contributed by atoms with E-state index >= 15 is 0 Å². The van der Waals surface area contributed by atoms with Crippen molar-refractivity contribution < 1.29 is 30.4 Å². The van der Waals surface area contributed by atoms with Crippen LogP contribution in [0.4, 0.5) is 22.0 Å². The van der Waals surface area contributed by atoms with Crippen LogP contribution >= 0.6 is 0 Å². The van der Waals surface area contributed by atoms with Crippen LogP contribution in [0.2, 0.25) is 0 Å². The third-order valence-corrected chi connectivity index (χ3v) is 4.11. The SMILES string of the molecule is C[C@H](CNS(=O)(=O)CCC(F)(F)F)c1ccc(F)cc1F. The molecular weight excluding hydrogens is 317 g/mol. The number of sulfonamides is 1. The molecule has 0 aliphatic heterocycles. The van der Waals surface area contributed by atoms with Gasteiger partial charge in [0.25, 0.3) is 0 Å². The van der Waals surface area contributed by atoms with E-state index in [-0.39, 0.29) is 12.1 Å². The molecule has 0 amide bonds. The van der Waals surface area contributed by atoms with Crippen LogP contribution in [-0.2, 0) is 10.0 Å². The van der Waals surface area contributed by atoms with Crippen LogP contribution in [0.5, 0.6) is 0 Å². The highest BCUT2D eigenvalue weighted by Crippen LogP contribution is 2.21. The van der Waals surface area contributed by atoms with Crippen molar-refractivity contribution in [2.75, 3.05) is 12.3 Å². The first-order valence-electron chi connectivity index (χ1n) is 5.99. The average molecular weight is 331 g/mol. The molecule has 9 heteroatoms. The Morgan fingerprint density at radius 1 is 1.24 bits per heavy atom. The van der Waals surface area contributed by atoms with E-state index in [9.17, 15) is 30.4 Å². The van der Waals surface area contributed by atoms with E-state index in [0.717, 1.165) is 6.07 Å². The van der Waals surface area contributed by atoms with Crippen molar-refractivity contribution in [1.29, 1.82) is 0 Å². The molecule has 0 aromatic heterocycles. The summed E-state index contributed by atoms with van der Waals surface area (Å²) < 4.78 is 86.8. The van der Waals surface area contributed by atoms with Gasteiger partial charge < -0.3 is 0 Å². The molecular formula is C12H14F5NO2S. The van der Waals surface area contributed by atoms with Crippen LogP contribution in [0, 0.1) is 11.6 Å². The molecule has 3 nitrogen and oxygen atoms in total. The Labute approximate surface area is 119 Å². The zero-order valence-corrected chi connectivity index (χ0v) is 11.9. The Morgan fingerprint density at radius 3 is 2.38 bits per heavy atom. The summed E-state index contributed by atoms with van der Waals surface area (Å²) >= 11 is 0. The first kappa shape index (κ1) is 17.8. The highest BCUT2D eigenvalue weighted by molar-refractivity contribution is 7.89. The maximum atomic E-state index is 13.5. The Bertz CT molecular complexity index is 586. The maximum Gasteiger partial charge on any atom is 0.390 e. The van der Waals surface area contributed by atoms with Crippen LogP contribution in [0.25, 0.3) is 0 Å². The lowest BCUT2D eigenvalue weighted by Gasteiger charge is -2.14. The summed E-state index contributed by atoms with van der Waals surface area (Å²) in [6.45, 7) is 1.20.